The van der Waals surface area contributed by atoms with Crippen LogP contribution in [0.1, 0.15) is 45.4 Å². The minimum absolute atomic E-state index is 0.389. The molecule has 1 saturated carbocycles. The molecule has 0 bridgehead atoms. The van der Waals surface area contributed by atoms with Gasteiger partial charge in [0.1, 0.15) is 0 Å². The highest BCUT2D eigenvalue weighted by Gasteiger charge is 2.45. The third-order valence-electron chi connectivity index (χ3n) is 4.69. The van der Waals surface area contributed by atoms with E-state index in [2.05, 4.69) is 24.2 Å². The zero-order chi connectivity index (χ0) is 12.1. The van der Waals surface area contributed by atoms with Gasteiger partial charge in [-0.15, -0.1) is 0 Å². The normalized spacial score (nSPS) is 26.5. The molecule has 17 heavy (non-hydrogen) atoms. The highest BCUT2D eigenvalue weighted by Crippen LogP contribution is 2.40. The van der Waals surface area contributed by atoms with Crippen LogP contribution < -0.4 is 5.32 Å². The van der Waals surface area contributed by atoms with Crippen molar-refractivity contribution in [2.45, 2.75) is 57.0 Å². The molecule has 100 valence electrons. The standard InChI is InChI=1S/C14H28N2O/c1-3-17-12-13(15-2)14(8-4-5-9-14)16-10-6-7-11-16/h13,15H,3-12H2,1-2H3. The van der Waals surface area contributed by atoms with Gasteiger partial charge in [0.05, 0.1) is 6.61 Å². The monoisotopic (exact) mass is 240 g/mol. The maximum absolute atomic E-state index is 5.69. The number of ether oxygens (including phenoxy) is 1. The first-order chi connectivity index (χ1) is 8.33. The van der Waals surface area contributed by atoms with Crippen LogP contribution in [0.15, 0.2) is 0 Å². The Labute approximate surface area is 106 Å². The predicted octanol–water partition coefficient (Wildman–Crippen LogP) is 2.02. The van der Waals surface area contributed by atoms with E-state index in [1.165, 1.54) is 51.6 Å². The van der Waals surface area contributed by atoms with E-state index < -0.39 is 0 Å². The summed E-state index contributed by atoms with van der Waals surface area (Å²) in [6.45, 7) is 6.37. The summed E-state index contributed by atoms with van der Waals surface area (Å²) in [5.74, 6) is 0. The fourth-order valence-electron chi connectivity index (χ4n) is 3.78. The van der Waals surface area contributed by atoms with Crippen LogP contribution in [-0.4, -0.2) is 49.8 Å². The second-order valence-electron chi connectivity index (χ2n) is 5.51. The number of nitrogens with one attached hydrogen (secondary N) is 1. The maximum Gasteiger partial charge on any atom is 0.0637 e. The Morgan fingerprint density at radius 3 is 2.35 bits per heavy atom. The fraction of sp³-hybridized carbons (Fsp3) is 1.00. The van der Waals surface area contributed by atoms with Gasteiger partial charge in [0.2, 0.25) is 0 Å². The van der Waals surface area contributed by atoms with Crippen LogP contribution in [0.5, 0.6) is 0 Å². The highest BCUT2D eigenvalue weighted by molar-refractivity contribution is 5.04. The molecule has 2 aliphatic rings. The first kappa shape index (κ1) is 13.3. The molecule has 1 N–H and O–H groups in total. The smallest absolute Gasteiger partial charge is 0.0637 e. The zero-order valence-electron chi connectivity index (χ0n) is 11.5. The minimum Gasteiger partial charge on any atom is -0.380 e. The molecule has 0 aromatic carbocycles. The van der Waals surface area contributed by atoms with Crippen molar-refractivity contribution in [2.24, 2.45) is 0 Å². The van der Waals surface area contributed by atoms with Gasteiger partial charge < -0.3 is 10.1 Å². The molecule has 0 spiro atoms. The van der Waals surface area contributed by atoms with Crippen LogP contribution in [0.2, 0.25) is 0 Å². The Bertz CT molecular complexity index is 220. The molecule has 1 aliphatic carbocycles. The zero-order valence-corrected chi connectivity index (χ0v) is 11.5. The van der Waals surface area contributed by atoms with Crippen molar-refractivity contribution < 1.29 is 4.74 Å². The summed E-state index contributed by atoms with van der Waals surface area (Å²) in [7, 11) is 2.10. The van der Waals surface area contributed by atoms with Gasteiger partial charge in [0, 0.05) is 18.2 Å². The molecule has 2 fully saturated rings. The fourth-order valence-corrected chi connectivity index (χ4v) is 3.78. The summed E-state index contributed by atoms with van der Waals surface area (Å²) in [5.41, 5.74) is 0.389. The first-order valence-electron chi connectivity index (χ1n) is 7.33. The Kier molecular flexibility index (Phi) is 4.83. The Morgan fingerprint density at radius 2 is 1.82 bits per heavy atom. The SMILES string of the molecule is CCOCC(NC)C1(N2CCCC2)CCCC1. The molecule has 0 aromatic heterocycles. The molecule has 1 saturated heterocycles. The average molecular weight is 240 g/mol. The summed E-state index contributed by atoms with van der Waals surface area (Å²) < 4.78 is 5.69. The predicted molar refractivity (Wildman–Crippen MR) is 71.3 cm³/mol. The highest BCUT2D eigenvalue weighted by atomic mass is 16.5. The summed E-state index contributed by atoms with van der Waals surface area (Å²) >= 11 is 0. The second kappa shape index (κ2) is 6.17. The lowest BCUT2D eigenvalue weighted by Crippen LogP contribution is -2.60. The van der Waals surface area contributed by atoms with E-state index in [4.69, 9.17) is 4.74 Å². The van der Waals surface area contributed by atoms with Crippen molar-refractivity contribution in [2.75, 3.05) is 33.4 Å². The van der Waals surface area contributed by atoms with Gasteiger partial charge in [0.15, 0.2) is 0 Å². The molecule has 0 amide bonds. The number of hydrogen-bond acceptors (Lipinski definition) is 3. The van der Waals surface area contributed by atoms with E-state index in [9.17, 15) is 0 Å². The number of likely N-dealkylation sites (N-methyl/N-ethyl adjacent to an activating group) is 1. The van der Waals surface area contributed by atoms with Gasteiger partial charge in [-0.25, -0.2) is 0 Å². The molecule has 3 nitrogen and oxygen atoms in total. The lowest BCUT2D eigenvalue weighted by atomic mass is 9.86. The number of likely N-dealkylation sites (tertiary alicyclic amines) is 1. The molecular weight excluding hydrogens is 212 g/mol. The summed E-state index contributed by atoms with van der Waals surface area (Å²) in [6.07, 6.45) is 8.25. The van der Waals surface area contributed by atoms with Crippen molar-refractivity contribution in [1.29, 1.82) is 0 Å². The molecule has 1 atom stereocenters. The van der Waals surface area contributed by atoms with Crippen LogP contribution in [0.3, 0.4) is 0 Å². The van der Waals surface area contributed by atoms with Crippen molar-refractivity contribution in [3.05, 3.63) is 0 Å². The van der Waals surface area contributed by atoms with Gasteiger partial charge >= 0.3 is 0 Å². The Hall–Kier alpha value is -0.120. The van der Waals surface area contributed by atoms with Crippen molar-refractivity contribution in [3.8, 4) is 0 Å². The third kappa shape index (κ3) is 2.67. The number of hydrogen-bond donors (Lipinski definition) is 1. The van der Waals surface area contributed by atoms with E-state index in [1.807, 2.05) is 0 Å². The topological polar surface area (TPSA) is 24.5 Å². The lowest BCUT2D eigenvalue weighted by molar-refractivity contribution is 0.0260. The van der Waals surface area contributed by atoms with Gasteiger partial charge in [-0.05, 0) is 52.7 Å². The van der Waals surface area contributed by atoms with E-state index in [-0.39, 0.29) is 0 Å². The van der Waals surface area contributed by atoms with Gasteiger partial charge in [-0.2, -0.15) is 0 Å². The lowest BCUT2D eigenvalue weighted by Gasteiger charge is -2.45. The summed E-state index contributed by atoms with van der Waals surface area (Å²) in [6, 6.07) is 0.503. The van der Waals surface area contributed by atoms with Crippen LogP contribution in [0, 0.1) is 0 Å². The molecule has 1 unspecified atom stereocenters. The van der Waals surface area contributed by atoms with E-state index in [0.29, 0.717) is 11.6 Å². The number of nitrogens with zero attached hydrogens (tertiary/aromatic N) is 1. The van der Waals surface area contributed by atoms with Gasteiger partial charge in [-0.3, -0.25) is 4.90 Å². The van der Waals surface area contributed by atoms with E-state index in [1.54, 1.807) is 0 Å². The maximum atomic E-state index is 5.69. The Balaban J connectivity index is 2.07. The molecule has 1 aliphatic heterocycles. The van der Waals surface area contributed by atoms with Crippen LogP contribution in [0.4, 0.5) is 0 Å². The average Bonchev–Trinajstić information content (AvgIpc) is 3.01. The minimum atomic E-state index is 0.389. The number of rotatable bonds is 6. The quantitative estimate of drug-likeness (QED) is 0.769. The summed E-state index contributed by atoms with van der Waals surface area (Å²) in [4.78, 5) is 2.75. The Morgan fingerprint density at radius 1 is 1.18 bits per heavy atom. The van der Waals surface area contributed by atoms with Gasteiger partial charge in [0.25, 0.3) is 0 Å². The van der Waals surface area contributed by atoms with Crippen LogP contribution in [0.25, 0.3) is 0 Å². The molecule has 0 aromatic rings. The van der Waals surface area contributed by atoms with Crippen molar-refractivity contribution in [3.63, 3.8) is 0 Å². The van der Waals surface area contributed by atoms with Crippen LogP contribution >= 0.6 is 0 Å². The third-order valence-corrected chi connectivity index (χ3v) is 4.69. The van der Waals surface area contributed by atoms with E-state index in [0.717, 1.165) is 13.2 Å². The van der Waals surface area contributed by atoms with Crippen molar-refractivity contribution in [1.82, 2.24) is 10.2 Å². The molecule has 2 rings (SSSR count). The van der Waals surface area contributed by atoms with Crippen molar-refractivity contribution >= 4 is 0 Å². The molecule has 3 heteroatoms. The molecule has 0 radical (unpaired) electrons. The molecule has 1 heterocycles. The summed E-state index contributed by atoms with van der Waals surface area (Å²) in [5, 5.41) is 3.53. The molecular formula is C14H28N2O. The first-order valence-corrected chi connectivity index (χ1v) is 7.33. The van der Waals surface area contributed by atoms with Gasteiger partial charge in [-0.1, -0.05) is 12.8 Å². The van der Waals surface area contributed by atoms with Crippen LogP contribution in [-0.2, 0) is 4.74 Å². The second-order valence-corrected chi connectivity index (χ2v) is 5.51. The van der Waals surface area contributed by atoms with E-state index >= 15 is 0 Å². The largest absolute Gasteiger partial charge is 0.380 e.